The summed E-state index contributed by atoms with van der Waals surface area (Å²) in [4.78, 5) is 60.5. The first-order valence-electron chi connectivity index (χ1n) is 34.9. The number of aromatic nitrogens is 2. The zero-order valence-electron chi connectivity index (χ0n) is 57.8. The molecule has 7 aliphatic rings. The minimum Gasteiger partial charge on any atom is -0.619 e. The number of thiophene rings is 2. The first-order chi connectivity index (χ1) is 50.6. The van der Waals surface area contributed by atoms with E-state index >= 15 is 0 Å². The van der Waals surface area contributed by atoms with Gasteiger partial charge in [0.05, 0.1) is 19.8 Å². The van der Waals surface area contributed by atoms with Gasteiger partial charge < -0.3 is 48.7 Å². The number of hydrogen-bond donors (Lipinski definition) is 3. The molecule has 8 aromatic rings. The monoisotopic (exact) mass is 1550 g/mol. The molecule has 3 N–H and O–H groups in total. The SMILES string of the molecule is CC(C)Oc1cc([C@H](Cc2c(Cl)c[n+]([O-])cc2Cl)c2cc(CNC(C(=O)O[C@H]3CN4CCC3CC4)c3ccccc3)sc2C(=O)O)ccc1OC(F)F.COc1ccc(C(Cc2c(Cl)c[n+]([O-])cc2Cl)OC(=O)c2ccc(CNC(C(=O)O[C@H]3CN4CCC3CC4)c3ccccc3)s2)cc1OCC1CC1. The Bertz CT molecular complexity index is 4310. The summed E-state index contributed by atoms with van der Waals surface area (Å²) >= 11 is 28.2. The van der Waals surface area contributed by atoms with Crippen LogP contribution in [0.4, 0.5) is 8.78 Å². The number of rotatable bonds is 30. The second kappa shape index (κ2) is 35.2. The number of ether oxygens (including phenoxy) is 7. The van der Waals surface area contributed by atoms with Crippen LogP contribution in [-0.2, 0) is 49.7 Å². The number of carboxylic acid groups (broad SMARTS) is 1. The number of carbonyl (C=O) groups is 4. The molecule has 6 aliphatic heterocycles. The highest BCUT2D eigenvalue weighted by atomic mass is 35.5. The number of fused-ring (bicyclic) bond motifs is 6. The molecule has 105 heavy (non-hydrogen) atoms. The molecular formula is C77H80Cl4F2N6O14S2. The molecule has 10 heterocycles. The third-order valence-electron chi connectivity index (χ3n) is 19.5. The number of carboxylic acids is 1. The fraction of sp³-hybridized carbons (Fsp3) is 0.403. The van der Waals surface area contributed by atoms with E-state index < -0.39 is 54.7 Å². The molecule has 0 spiro atoms. The number of pyridine rings is 2. The molecule has 3 unspecified atom stereocenters. The summed E-state index contributed by atoms with van der Waals surface area (Å²) in [5.74, 6) is -1.01. The molecule has 6 atom stereocenters. The van der Waals surface area contributed by atoms with E-state index in [1.165, 1.54) is 35.9 Å². The van der Waals surface area contributed by atoms with E-state index in [-0.39, 0.29) is 74.0 Å². The van der Waals surface area contributed by atoms with Gasteiger partial charge in [0, 0.05) is 59.4 Å². The third-order valence-corrected chi connectivity index (χ3v) is 23.0. The Labute approximate surface area is 635 Å². The van der Waals surface area contributed by atoms with Crippen molar-refractivity contribution in [2.75, 3.05) is 53.0 Å². The van der Waals surface area contributed by atoms with Gasteiger partial charge in [0.15, 0.2) is 47.8 Å². The number of alkyl halides is 2. The molecule has 1 aliphatic carbocycles. The fourth-order valence-electron chi connectivity index (χ4n) is 13.9. The lowest BCUT2D eigenvalue weighted by atomic mass is 9.85. The predicted molar refractivity (Wildman–Crippen MR) is 394 cm³/mol. The molecule has 4 bridgehead atoms. The van der Waals surface area contributed by atoms with Crippen LogP contribution in [-0.4, -0.2) is 117 Å². The minimum absolute atomic E-state index is 0.0132. The summed E-state index contributed by atoms with van der Waals surface area (Å²) in [6.45, 7) is 7.01. The van der Waals surface area contributed by atoms with Crippen LogP contribution in [0.2, 0.25) is 20.1 Å². The number of nitrogens with zero attached hydrogens (tertiary/aromatic N) is 4. The van der Waals surface area contributed by atoms with Crippen molar-refractivity contribution in [3.63, 3.8) is 0 Å². The third kappa shape index (κ3) is 19.8. The number of hydrogen-bond acceptors (Lipinski definition) is 19. The lowest BCUT2D eigenvalue weighted by Crippen LogP contribution is -2.52. The van der Waals surface area contributed by atoms with Crippen molar-refractivity contribution in [1.29, 1.82) is 0 Å². The molecule has 0 radical (unpaired) electrons. The smallest absolute Gasteiger partial charge is 0.387 e. The van der Waals surface area contributed by atoms with Crippen LogP contribution in [0.5, 0.6) is 23.0 Å². The Morgan fingerprint density at radius 3 is 1.61 bits per heavy atom. The summed E-state index contributed by atoms with van der Waals surface area (Å²) in [5, 5.41) is 41.6. The van der Waals surface area contributed by atoms with Crippen LogP contribution in [0, 0.1) is 28.2 Å². The van der Waals surface area contributed by atoms with E-state index in [1.807, 2.05) is 72.8 Å². The number of carbonyl (C=O) groups excluding carboxylic acids is 3. The lowest BCUT2D eigenvalue weighted by molar-refractivity contribution is -0.605. The number of aromatic carboxylic acids is 1. The molecule has 0 amide bonds. The van der Waals surface area contributed by atoms with Crippen molar-refractivity contribution in [3.8, 4) is 23.0 Å². The lowest BCUT2D eigenvalue weighted by Gasteiger charge is -2.44. The molecule has 1 saturated carbocycles. The van der Waals surface area contributed by atoms with Gasteiger partial charge in [0.2, 0.25) is 0 Å². The van der Waals surface area contributed by atoms with E-state index in [1.54, 1.807) is 51.3 Å². The van der Waals surface area contributed by atoms with Crippen molar-refractivity contribution >= 4 is 93.0 Å². The number of benzene rings is 4. The van der Waals surface area contributed by atoms with Gasteiger partial charge in [-0.25, -0.2) is 19.2 Å². The number of halogens is 6. The highest BCUT2D eigenvalue weighted by molar-refractivity contribution is 7.14. The molecule has 556 valence electrons. The van der Waals surface area contributed by atoms with Gasteiger partial charge in [-0.15, -0.1) is 22.7 Å². The van der Waals surface area contributed by atoms with E-state index in [0.717, 1.165) is 105 Å². The van der Waals surface area contributed by atoms with Crippen molar-refractivity contribution in [1.82, 2.24) is 20.4 Å². The van der Waals surface area contributed by atoms with Gasteiger partial charge in [-0.1, -0.05) is 119 Å². The largest absolute Gasteiger partial charge is 0.619 e. The van der Waals surface area contributed by atoms with Crippen LogP contribution >= 0.6 is 69.1 Å². The highest BCUT2D eigenvalue weighted by Crippen LogP contribution is 2.44. The summed E-state index contributed by atoms with van der Waals surface area (Å²) in [5.41, 5.74) is 3.90. The van der Waals surface area contributed by atoms with Gasteiger partial charge in [0.25, 0.3) is 0 Å². The molecule has 15 rings (SSSR count). The zero-order valence-corrected chi connectivity index (χ0v) is 62.4. The first-order valence-corrected chi connectivity index (χ1v) is 38.0. The van der Waals surface area contributed by atoms with Crippen molar-refractivity contribution in [3.05, 3.63) is 229 Å². The topological polar surface area (TPSA) is 238 Å². The molecule has 4 aromatic carbocycles. The van der Waals surface area contributed by atoms with Crippen LogP contribution in [0.15, 0.2) is 140 Å². The first kappa shape index (κ1) is 76.8. The number of piperidine rings is 6. The Morgan fingerprint density at radius 2 is 1.11 bits per heavy atom. The number of methoxy groups -OCH3 is 1. The van der Waals surface area contributed by atoms with Gasteiger partial charge in [0.1, 0.15) is 60.2 Å². The predicted octanol–water partition coefficient (Wildman–Crippen LogP) is 14.7. The van der Waals surface area contributed by atoms with E-state index in [2.05, 4.69) is 20.4 Å². The molecule has 4 aromatic heterocycles. The molecule has 6 saturated heterocycles. The molecule has 28 heteroatoms. The normalized spacial score (nSPS) is 19.9. The molecule has 7 fully saturated rings. The standard InChI is InChI=1S/C39H41Cl2N3O7S.C38H39Cl2F2N3O7S/c1-48-32-11-9-27(17-34(32)49-23-24-7-8-24)33(18-29-30(40)20-44(47)21-31(29)41)50-38(45)36-12-10-28(52-36)19-42-37(26-5-3-2-4-6-26)39(46)51-35-22-43-15-13-25(35)14-16-43;1-21(2)50-32-14-24(8-9-31(32)52-38(41)42)26(16-28-29(39)18-45(49)19-30(28)40)27-15-25(53-35(27)36(46)47)17-43-34(23-6-4-3-5-7-23)37(48)51-33-20-44-12-10-22(33)11-13-44/h2-6,9-12,17,20-21,24-25,33,35,37,42H,7-8,13-16,18-19,22-23H2,1H3;3-9,14-15,18-19,21-22,26,33-34,38,43H,10-13,16-17,20H2,1-2H3,(H,46,47)/t33?,35-,37?;26-,33-,34?/m00/s1. The Hall–Kier alpha value is -7.88. The van der Waals surface area contributed by atoms with Crippen molar-refractivity contribution in [2.24, 2.45) is 17.8 Å². The molecular weight excluding hydrogens is 1480 g/mol. The Morgan fingerprint density at radius 1 is 0.600 bits per heavy atom. The maximum atomic E-state index is 13.8. The summed E-state index contributed by atoms with van der Waals surface area (Å²) in [6.07, 6.45) is 9.67. The van der Waals surface area contributed by atoms with Gasteiger partial charge >= 0.3 is 30.5 Å². The average Bonchev–Trinajstić information content (AvgIpc) is 1.62. The van der Waals surface area contributed by atoms with Crippen molar-refractivity contribution in [2.45, 2.75) is 127 Å². The maximum absolute atomic E-state index is 13.8. The van der Waals surface area contributed by atoms with Crippen LogP contribution < -0.4 is 39.0 Å². The van der Waals surface area contributed by atoms with E-state index in [0.29, 0.717) is 102 Å². The highest BCUT2D eigenvalue weighted by Gasteiger charge is 2.40. The zero-order chi connectivity index (χ0) is 74.0. The second-order valence-electron chi connectivity index (χ2n) is 27.1. The van der Waals surface area contributed by atoms with Crippen molar-refractivity contribution < 1.29 is 75.7 Å². The summed E-state index contributed by atoms with van der Waals surface area (Å²) < 4.78 is 68.2. The number of nitrogens with one attached hydrogen (secondary N) is 2. The van der Waals surface area contributed by atoms with E-state index in [4.69, 9.17) is 79.6 Å². The fourth-order valence-corrected chi connectivity index (χ4v) is 16.9. The van der Waals surface area contributed by atoms with E-state index in [9.17, 15) is 43.5 Å². The van der Waals surface area contributed by atoms with Crippen LogP contribution in [0.25, 0.3) is 0 Å². The summed E-state index contributed by atoms with van der Waals surface area (Å²) in [7, 11) is 1.57. The van der Waals surface area contributed by atoms with Gasteiger partial charge in [-0.3, -0.25) is 20.4 Å². The second-order valence-corrected chi connectivity index (χ2v) is 31.0. The quantitative estimate of drug-likeness (QED) is 0.0164. The number of esters is 3. The minimum atomic E-state index is -3.11. The average molecular weight is 1560 g/mol. The summed E-state index contributed by atoms with van der Waals surface area (Å²) in [6, 6.07) is 32.4. The maximum Gasteiger partial charge on any atom is 0.387 e. The van der Waals surface area contributed by atoms with Gasteiger partial charge in [-0.2, -0.15) is 18.2 Å². The Kier molecular flexibility index (Phi) is 25.8. The van der Waals surface area contributed by atoms with Crippen LogP contribution in [0.1, 0.15) is 145 Å². The Balaban J connectivity index is 0.000000197. The van der Waals surface area contributed by atoms with Crippen LogP contribution in [0.3, 0.4) is 0 Å². The molecule has 20 nitrogen and oxygen atoms in total. The van der Waals surface area contributed by atoms with Gasteiger partial charge in [-0.05, 0) is 173 Å².